The molecule has 0 saturated carbocycles. The van der Waals surface area contributed by atoms with Gasteiger partial charge < -0.3 is 16.2 Å². The first kappa shape index (κ1) is 18.7. The SMILES string of the molecule is CC(C)C[C@@H](O)C(=O)N[C@H](Cc1c(Cl)cccc1Cl)C(N)=O. The summed E-state index contributed by atoms with van der Waals surface area (Å²) in [5.74, 6) is -1.22. The summed E-state index contributed by atoms with van der Waals surface area (Å²) in [5.41, 5.74) is 5.83. The lowest BCUT2D eigenvalue weighted by Gasteiger charge is -2.20. The first-order valence-corrected chi connectivity index (χ1v) is 7.68. The number of carbonyl (C=O) groups is 2. The Balaban J connectivity index is 2.83. The van der Waals surface area contributed by atoms with E-state index in [9.17, 15) is 14.7 Å². The van der Waals surface area contributed by atoms with Crippen molar-refractivity contribution in [2.24, 2.45) is 11.7 Å². The van der Waals surface area contributed by atoms with Crippen LogP contribution in [-0.2, 0) is 16.0 Å². The van der Waals surface area contributed by atoms with Gasteiger partial charge in [-0.15, -0.1) is 0 Å². The molecule has 1 aromatic carbocycles. The highest BCUT2D eigenvalue weighted by Gasteiger charge is 2.25. The highest BCUT2D eigenvalue weighted by molar-refractivity contribution is 6.36. The standard InChI is InChI=1S/C15H20Cl2N2O3/c1-8(2)6-13(20)15(22)19-12(14(18)21)7-9-10(16)4-3-5-11(9)17/h3-5,8,12-13,20H,6-7H2,1-2H3,(H2,18,21)(H,19,22)/t12-,13-/m1/s1. The number of aliphatic hydroxyl groups is 1. The van der Waals surface area contributed by atoms with Gasteiger partial charge >= 0.3 is 0 Å². The highest BCUT2D eigenvalue weighted by atomic mass is 35.5. The van der Waals surface area contributed by atoms with E-state index in [1.165, 1.54) is 0 Å². The Labute approximate surface area is 139 Å². The van der Waals surface area contributed by atoms with Gasteiger partial charge in [0.25, 0.3) is 0 Å². The van der Waals surface area contributed by atoms with E-state index in [0.29, 0.717) is 22.0 Å². The molecule has 1 rings (SSSR count). The van der Waals surface area contributed by atoms with Crippen molar-refractivity contribution in [3.8, 4) is 0 Å². The summed E-state index contributed by atoms with van der Waals surface area (Å²) >= 11 is 12.1. The maximum Gasteiger partial charge on any atom is 0.249 e. The molecule has 0 radical (unpaired) electrons. The van der Waals surface area contributed by atoms with Gasteiger partial charge in [-0.05, 0) is 30.0 Å². The van der Waals surface area contributed by atoms with E-state index in [4.69, 9.17) is 28.9 Å². The molecule has 0 aliphatic carbocycles. The number of nitrogens with one attached hydrogen (secondary N) is 1. The molecule has 0 aliphatic rings. The number of halogens is 2. The van der Waals surface area contributed by atoms with Crippen LogP contribution >= 0.6 is 23.2 Å². The zero-order chi connectivity index (χ0) is 16.9. The third kappa shape index (κ3) is 5.48. The number of benzene rings is 1. The maximum atomic E-state index is 11.9. The van der Waals surface area contributed by atoms with Crippen LogP contribution in [0.25, 0.3) is 0 Å². The van der Waals surface area contributed by atoms with Crippen molar-refractivity contribution in [2.75, 3.05) is 0 Å². The summed E-state index contributed by atoms with van der Waals surface area (Å²) in [6.45, 7) is 3.76. The summed E-state index contributed by atoms with van der Waals surface area (Å²) in [4.78, 5) is 23.5. The Kier molecular flexibility index (Phi) is 7.13. The molecule has 122 valence electrons. The number of hydrogen-bond acceptors (Lipinski definition) is 3. The lowest BCUT2D eigenvalue weighted by atomic mass is 10.0. The largest absolute Gasteiger partial charge is 0.383 e. The number of hydrogen-bond donors (Lipinski definition) is 3. The fourth-order valence-corrected chi connectivity index (χ4v) is 2.53. The quantitative estimate of drug-likeness (QED) is 0.704. The van der Waals surface area contributed by atoms with Crippen molar-refractivity contribution in [2.45, 2.75) is 38.8 Å². The molecule has 2 amide bonds. The Morgan fingerprint density at radius 3 is 2.27 bits per heavy atom. The van der Waals surface area contributed by atoms with Crippen LogP contribution in [0.4, 0.5) is 0 Å². The molecule has 0 spiro atoms. The molecule has 2 atom stereocenters. The summed E-state index contributed by atoms with van der Waals surface area (Å²) in [6, 6.07) is 3.96. The average molecular weight is 347 g/mol. The summed E-state index contributed by atoms with van der Waals surface area (Å²) in [7, 11) is 0. The summed E-state index contributed by atoms with van der Waals surface area (Å²) < 4.78 is 0. The van der Waals surface area contributed by atoms with E-state index in [2.05, 4.69) is 5.32 Å². The molecule has 5 nitrogen and oxygen atoms in total. The number of rotatable bonds is 7. The van der Waals surface area contributed by atoms with Crippen molar-refractivity contribution < 1.29 is 14.7 Å². The number of nitrogens with two attached hydrogens (primary N) is 1. The zero-order valence-corrected chi connectivity index (χ0v) is 14.0. The Morgan fingerprint density at radius 2 is 1.82 bits per heavy atom. The van der Waals surface area contributed by atoms with E-state index in [-0.39, 0.29) is 12.3 Å². The van der Waals surface area contributed by atoms with Crippen molar-refractivity contribution in [3.63, 3.8) is 0 Å². The van der Waals surface area contributed by atoms with Crippen LogP contribution < -0.4 is 11.1 Å². The molecule has 0 unspecified atom stereocenters. The van der Waals surface area contributed by atoms with E-state index in [1.807, 2.05) is 13.8 Å². The van der Waals surface area contributed by atoms with E-state index in [0.717, 1.165) is 0 Å². The van der Waals surface area contributed by atoms with Crippen molar-refractivity contribution in [1.82, 2.24) is 5.32 Å². The highest BCUT2D eigenvalue weighted by Crippen LogP contribution is 2.25. The van der Waals surface area contributed by atoms with Crippen molar-refractivity contribution >= 4 is 35.0 Å². The van der Waals surface area contributed by atoms with Gasteiger partial charge in [-0.2, -0.15) is 0 Å². The molecule has 0 fully saturated rings. The minimum absolute atomic E-state index is 0.0635. The minimum Gasteiger partial charge on any atom is -0.383 e. The molecule has 1 aromatic rings. The molecule has 22 heavy (non-hydrogen) atoms. The van der Waals surface area contributed by atoms with Gasteiger partial charge in [-0.3, -0.25) is 9.59 Å². The fraction of sp³-hybridized carbons (Fsp3) is 0.467. The predicted octanol–water partition coefficient (Wildman–Crippen LogP) is 1.91. The minimum atomic E-state index is -1.19. The summed E-state index contributed by atoms with van der Waals surface area (Å²) in [5, 5.41) is 13.0. The first-order valence-electron chi connectivity index (χ1n) is 6.93. The molecule has 0 bridgehead atoms. The van der Waals surface area contributed by atoms with Gasteiger partial charge in [0.15, 0.2) is 0 Å². The van der Waals surface area contributed by atoms with Gasteiger partial charge in [-0.25, -0.2) is 0 Å². The summed E-state index contributed by atoms with van der Waals surface area (Å²) in [6.07, 6.45) is -0.832. The van der Waals surface area contributed by atoms with Crippen LogP contribution in [0.5, 0.6) is 0 Å². The lowest BCUT2D eigenvalue weighted by molar-refractivity contribution is -0.133. The number of primary amides is 1. The second-order valence-electron chi connectivity index (χ2n) is 5.51. The third-order valence-corrected chi connectivity index (χ3v) is 3.84. The maximum absolute atomic E-state index is 11.9. The Bertz CT molecular complexity index is 529. The van der Waals surface area contributed by atoms with Crippen LogP contribution in [0.15, 0.2) is 18.2 Å². The smallest absolute Gasteiger partial charge is 0.249 e. The second kappa shape index (κ2) is 8.36. The van der Waals surface area contributed by atoms with Gasteiger partial charge in [0.2, 0.25) is 11.8 Å². The fourth-order valence-electron chi connectivity index (χ4n) is 1.98. The van der Waals surface area contributed by atoms with Gasteiger partial charge in [0.1, 0.15) is 12.1 Å². The van der Waals surface area contributed by atoms with Crippen LogP contribution in [0.1, 0.15) is 25.8 Å². The predicted molar refractivity (Wildman–Crippen MR) is 86.8 cm³/mol. The van der Waals surface area contributed by atoms with Crippen LogP contribution in [0, 0.1) is 5.92 Å². The van der Waals surface area contributed by atoms with Crippen molar-refractivity contribution in [3.05, 3.63) is 33.8 Å². The monoisotopic (exact) mass is 346 g/mol. The van der Waals surface area contributed by atoms with E-state index >= 15 is 0 Å². The Hall–Kier alpha value is -1.30. The van der Waals surface area contributed by atoms with Gasteiger partial charge in [0, 0.05) is 16.5 Å². The van der Waals surface area contributed by atoms with Gasteiger partial charge in [0.05, 0.1) is 0 Å². The number of aliphatic hydroxyl groups excluding tert-OH is 1. The zero-order valence-electron chi connectivity index (χ0n) is 12.5. The molecular formula is C15H20Cl2N2O3. The Morgan fingerprint density at radius 1 is 1.27 bits per heavy atom. The molecular weight excluding hydrogens is 327 g/mol. The van der Waals surface area contributed by atoms with E-state index in [1.54, 1.807) is 18.2 Å². The van der Waals surface area contributed by atoms with Crippen LogP contribution in [-0.4, -0.2) is 29.1 Å². The molecule has 7 heteroatoms. The molecule has 0 aromatic heterocycles. The van der Waals surface area contributed by atoms with Crippen molar-refractivity contribution in [1.29, 1.82) is 0 Å². The molecule has 0 heterocycles. The van der Waals surface area contributed by atoms with Crippen LogP contribution in [0.2, 0.25) is 10.0 Å². The normalized spacial score (nSPS) is 13.7. The average Bonchev–Trinajstić information content (AvgIpc) is 2.40. The van der Waals surface area contributed by atoms with Gasteiger partial charge in [-0.1, -0.05) is 43.1 Å². The number of carbonyl (C=O) groups excluding carboxylic acids is 2. The van der Waals surface area contributed by atoms with E-state index < -0.39 is 24.0 Å². The topological polar surface area (TPSA) is 92.4 Å². The van der Waals surface area contributed by atoms with Crippen LogP contribution in [0.3, 0.4) is 0 Å². The molecule has 0 aliphatic heterocycles. The third-order valence-electron chi connectivity index (χ3n) is 3.13. The first-order chi connectivity index (χ1) is 10.2. The lowest BCUT2D eigenvalue weighted by Crippen LogP contribution is -2.49. The number of amides is 2. The molecule has 4 N–H and O–H groups in total. The second-order valence-corrected chi connectivity index (χ2v) is 6.33. The molecule has 0 saturated heterocycles.